The first kappa shape index (κ1) is 8.74. The van der Waals surface area contributed by atoms with Gasteiger partial charge in [-0.15, -0.1) is 0 Å². The molecule has 0 saturated heterocycles. The second kappa shape index (κ2) is 3.91. The number of hydrogen-bond donors (Lipinski definition) is 1. The fourth-order valence-corrected chi connectivity index (χ4v) is 1.25. The summed E-state index contributed by atoms with van der Waals surface area (Å²) in [4.78, 5) is 8.23. The van der Waals surface area contributed by atoms with Crippen molar-refractivity contribution < 1.29 is 0 Å². The van der Waals surface area contributed by atoms with Crippen LogP contribution >= 0.6 is 0 Å². The minimum Gasteiger partial charge on any atom is -0.324 e. The quantitative estimate of drug-likeness (QED) is 0.801. The number of nitrogens with zero attached hydrogens (tertiary/aromatic N) is 3. The van der Waals surface area contributed by atoms with Crippen LogP contribution < -0.4 is 5.32 Å². The Bertz CT molecular complexity index is 394. The van der Waals surface area contributed by atoms with Crippen LogP contribution in [0.25, 0.3) is 0 Å². The third kappa shape index (κ3) is 1.74. The first-order chi connectivity index (χ1) is 6.90. The van der Waals surface area contributed by atoms with Gasteiger partial charge in [0.15, 0.2) is 0 Å². The predicted octanol–water partition coefficient (Wildman–Crippen LogP) is 2.04. The molecule has 0 atom stereocenters. The van der Waals surface area contributed by atoms with E-state index in [1.165, 1.54) is 0 Å². The van der Waals surface area contributed by atoms with Crippen molar-refractivity contribution in [2.24, 2.45) is 0 Å². The standard InChI is InChI=1S/C10H12N4/c1-2-14-7-6-12-10(14)13-9-4-3-5-11-8-9/h3-8H,2H2,1H3,(H,12,13). The summed E-state index contributed by atoms with van der Waals surface area (Å²) in [5.74, 6) is 0.848. The van der Waals surface area contributed by atoms with Gasteiger partial charge in [0, 0.05) is 25.1 Å². The molecule has 0 amide bonds. The van der Waals surface area contributed by atoms with Crippen molar-refractivity contribution in [2.75, 3.05) is 5.32 Å². The van der Waals surface area contributed by atoms with Crippen molar-refractivity contribution >= 4 is 11.6 Å². The van der Waals surface area contributed by atoms with Gasteiger partial charge in [0.05, 0.1) is 11.9 Å². The molecule has 0 bridgehead atoms. The third-order valence-corrected chi connectivity index (χ3v) is 1.97. The van der Waals surface area contributed by atoms with E-state index in [0.29, 0.717) is 0 Å². The maximum Gasteiger partial charge on any atom is 0.207 e. The summed E-state index contributed by atoms with van der Waals surface area (Å²) in [6.45, 7) is 2.98. The van der Waals surface area contributed by atoms with Crippen LogP contribution in [0.2, 0.25) is 0 Å². The van der Waals surface area contributed by atoms with E-state index in [9.17, 15) is 0 Å². The molecule has 0 unspecified atom stereocenters. The second-order valence-electron chi connectivity index (χ2n) is 2.90. The van der Waals surface area contributed by atoms with Crippen molar-refractivity contribution in [1.82, 2.24) is 14.5 Å². The Balaban J connectivity index is 2.19. The lowest BCUT2D eigenvalue weighted by Gasteiger charge is -2.06. The Morgan fingerprint density at radius 1 is 1.43 bits per heavy atom. The average Bonchev–Trinajstić information content (AvgIpc) is 2.67. The summed E-state index contributed by atoms with van der Waals surface area (Å²) in [7, 11) is 0. The molecular weight excluding hydrogens is 176 g/mol. The molecule has 1 N–H and O–H groups in total. The number of aromatic nitrogens is 3. The normalized spacial score (nSPS) is 10.1. The number of hydrogen-bond acceptors (Lipinski definition) is 3. The maximum absolute atomic E-state index is 4.21. The van der Waals surface area contributed by atoms with Gasteiger partial charge >= 0.3 is 0 Å². The zero-order valence-corrected chi connectivity index (χ0v) is 8.01. The molecule has 0 aliphatic rings. The fraction of sp³-hybridized carbons (Fsp3) is 0.200. The van der Waals surface area contributed by atoms with Crippen LogP contribution in [0.15, 0.2) is 36.9 Å². The van der Waals surface area contributed by atoms with Crippen molar-refractivity contribution in [3.05, 3.63) is 36.9 Å². The first-order valence-electron chi connectivity index (χ1n) is 4.58. The number of nitrogens with one attached hydrogen (secondary N) is 1. The molecule has 0 aliphatic heterocycles. The molecule has 4 nitrogen and oxygen atoms in total. The van der Waals surface area contributed by atoms with Crippen molar-refractivity contribution in [3.63, 3.8) is 0 Å². The van der Waals surface area contributed by atoms with Gasteiger partial charge < -0.3 is 9.88 Å². The van der Waals surface area contributed by atoms with Crippen LogP contribution in [0.1, 0.15) is 6.92 Å². The highest BCUT2D eigenvalue weighted by Gasteiger charge is 1.99. The summed E-state index contributed by atoms with van der Waals surface area (Å²) in [5, 5.41) is 3.19. The van der Waals surface area contributed by atoms with Crippen LogP contribution in [-0.2, 0) is 6.54 Å². The second-order valence-corrected chi connectivity index (χ2v) is 2.90. The van der Waals surface area contributed by atoms with Crippen molar-refractivity contribution in [1.29, 1.82) is 0 Å². The van der Waals surface area contributed by atoms with E-state index in [0.717, 1.165) is 18.2 Å². The molecule has 0 fully saturated rings. The van der Waals surface area contributed by atoms with Crippen LogP contribution in [0, 0.1) is 0 Å². The highest BCUT2D eigenvalue weighted by atomic mass is 15.2. The molecule has 2 aromatic heterocycles. The number of aryl methyl sites for hydroxylation is 1. The molecule has 0 saturated carbocycles. The molecule has 0 spiro atoms. The SMILES string of the molecule is CCn1ccnc1Nc1cccnc1. The van der Waals surface area contributed by atoms with Crippen LogP contribution in [0.5, 0.6) is 0 Å². The van der Waals surface area contributed by atoms with Gasteiger partial charge in [-0.3, -0.25) is 4.98 Å². The summed E-state index contributed by atoms with van der Waals surface area (Å²) in [6.07, 6.45) is 7.24. The minimum atomic E-state index is 0.848. The zero-order valence-electron chi connectivity index (χ0n) is 8.01. The van der Waals surface area contributed by atoms with E-state index in [2.05, 4.69) is 22.2 Å². The van der Waals surface area contributed by atoms with E-state index >= 15 is 0 Å². The highest BCUT2D eigenvalue weighted by Crippen LogP contribution is 2.12. The van der Waals surface area contributed by atoms with Crippen molar-refractivity contribution in [3.8, 4) is 0 Å². The number of anilines is 2. The number of pyridine rings is 1. The van der Waals surface area contributed by atoms with Crippen molar-refractivity contribution in [2.45, 2.75) is 13.5 Å². The molecule has 0 radical (unpaired) electrons. The molecule has 72 valence electrons. The summed E-state index contributed by atoms with van der Waals surface area (Å²) >= 11 is 0. The van der Waals surface area contributed by atoms with Crippen LogP contribution in [-0.4, -0.2) is 14.5 Å². The Hall–Kier alpha value is -1.84. The lowest BCUT2D eigenvalue weighted by Crippen LogP contribution is -2.01. The van der Waals surface area contributed by atoms with E-state index in [1.807, 2.05) is 22.9 Å². The van der Waals surface area contributed by atoms with Gasteiger partial charge in [0.1, 0.15) is 0 Å². The fourth-order valence-electron chi connectivity index (χ4n) is 1.25. The van der Waals surface area contributed by atoms with Gasteiger partial charge in [-0.2, -0.15) is 0 Å². The summed E-state index contributed by atoms with van der Waals surface area (Å²) < 4.78 is 2.03. The van der Waals surface area contributed by atoms with Gasteiger partial charge in [0.25, 0.3) is 0 Å². The number of rotatable bonds is 3. The Morgan fingerprint density at radius 3 is 3.07 bits per heavy atom. The van der Waals surface area contributed by atoms with E-state index < -0.39 is 0 Å². The van der Waals surface area contributed by atoms with E-state index in [1.54, 1.807) is 18.6 Å². The lowest BCUT2D eigenvalue weighted by atomic mass is 10.4. The van der Waals surface area contributed by atoms with Gasteiger partial charge in [-0.05, 0) is 19.1 Å². The molecular formula is C10H12N4. The largest absolute Gasteiger partial charge is 0.324 e. The van der Waals surface area contributed by atoms with Crippen LogP contribution in [0.4, 0.5) is 11.6 Å². The van der Waals surface area contributed by atoms with E-state index in [-0.39, 0.29) is 0 Å². The third-order valence-electron chi connectivity index (χ3n) is 1.97. The maximum atomic E-state index is 4.21. The van der Waals surface area contributed by atoms with Gasteiger partial charge in [-0.1, -0.05) is 0 Å². The van der Waals surface area contributed by atoms with Gasteiger partial charge in [0.2, 0.25) is 5.95 Å². The zero-order chi connectivity index (χ0) is 9.80. The average molecular weight is 188 g/mol. The molecule has 0 aliphatic carbocycles. The lowest BCUT2D eigenvalue weighted by molar-refractivity contribution is 0.771. The van der Waals surface area contributed by atoms with Crippen LogP contribution in [0.3, 0.4) is 0 Å². The van der Waals surface area contributed by atoms with E-state index in [4.69, 9.17) is 0 Å². The highest BCUT2D eigenvalue weighted by molar-refractivity contribution is 5.51. The number of imidazole rings is 1. The smallest absolute Gasteiger partial charge is 0.207 e. The molecule has 4 heteroatoms. The minimum absolute atomic E-state index is 0.848. The topological polar surface area (TPSA) is 42.7 Å². The molecule has 2 heterocycles. The predicted molar refractivity (Wildman–Crippen MR) is 55.4 cm³/mol. The summed E-state index contributed by atoms with van der Waals surface area (Å²) in [6, 6.07) is 3.85. The summed E-state index contributed by atoms with van der Waals surface area (Å²) in [5.41, 5.74) is 0.952. The monoisotopic (exact) mass is 188 g/mol. The Morgan fingerprint density at radius 2 is 2.36 bits per heavy atom. The molecule has 0 aromatic carbocycles. The Kier molecular flexibility index (Phi) is 2.44. The first-order valence-corrected chi connectivity index (χ1v) is 4.58. The molecule has 2 rings (SSSR count). The Labute approximate surface area is 82.6 Å². The van der Waals surface area contributed by atoms with Gasteiger partial charge in [-0.25, -0.2) is 4.98 Å². The molecule has 14 heavy (non-hydrogen) atoms. The molecule has 2 aromatic rings.